The van der Waals surface area contributed by atoms with Crippen molar-refractivity contribution in [1.82, 2.24) is 4.90 Å². The molecule has 208 valence electrons. The highest BCUT2D eigenvalue weighted by Gasteiger charge is 2.26. The van der Waals surface area contributed by atoms with E-state index in [9.17, 15) is 14.7 Å². The third-order valence-electron chi connectivity index (χ3n) is 7.21. The molecule has 0 aromatic carbocycles. The molecule has 3 unspecified atom stereocenters. The largest absolute Gasteiger partial charge is 0.481 e. The minimum atomic E-state index is -0.722. The minimum absolute atomic E-state index is 0.142. The van der Waals surface area contributed by atoms with E-state index >= 15 is 0 Å². The van der Waals surface area contributed by atoms with Crippen LogP contribution in [0.3, 0.4) is 0 Å². The first-order chi connectivity index (χ1) is 17.9. The van der Waals surface area contributed by atoms with E-state index in [1.165, 1.54) is 12.0 Å². The number of carboxylic acids is 1. The molecule has 3 atom stereocenters. The molecule has 2 rings (SSSR count). The van der Waals surface area contributed by atoms with Gasteiger partial charge in [0.2, 0.25) is 6.54 Å². The van der Waals surface area contributed by atoms with Gasteiger partial charge >= 0.3 is 11.9 Å². The predicted octanol–water partition coefficient (Wildman–Crippen LogP) is 5.36. The summed E-state index contributed by atoms with van der Waals surface area (Å²) in [5.41, 5.74) is 1.22. The van der Waals surface area contributed by atoms with Crippen LogP contribution in [0, 0.1) is 0 Å². The smallest absolute Gasteiger partial charge is 0.373 e. The van der Waals surface area contributed by atoms with Crippen LogP contribution < -0.4 is 4.57 Å². The Labute approximate surface area is 223 Å². The number of aliphatic carboxylic acids is 1. The van der Waals surface area contributed by atoms with Gasteiger partial charge in [-0.15, -0.1) is 0 Å². The zero-order valence-electron chi connectivity index (χ0n) is 23.0. The maximum atomic E-state index is 12.8. The Hall–Kier alpha value is -2.25. The molecule has 2 N–H and O–H groups in total. The number of pyridine rings is 1. The lowest BCUT2D eigenvalue weighted by atomic mass is 10.0. The first-order valence-corrected chi connectivity index (χ1v) is 14.3. The van der Waals surface area contributed by atoms with Crippen LogP contribution >= 0.6 is 0 Å². The Balaban J connectivity index is 1.78. The highest BCUT2D eigenvalue weighted by atomic mass is 16.6. The number of hydrogen-bond acceptors (Lipinski definition) is 5. The molecule has 0 saturated carbocycles. The van der Waals surface area contributed by atoms with Crippen LogP contribution in [0.15, 0.2) is 36.7 Å². The summed E-state index contributed by atoms with van der Waals surface area (Å²) >= 11 is 0. The highest BCUT2D eigenvalue weighted by Crippen LogP contribution is 2.29. The Kier molecular flexibility index (Phi) is 15.1. The number of rotatable bonds is 19. The normalized spacial score (nSPS) is 17.8. The molecule has 0 spiro atoms. The van der Waals surface area contributed by atoms with Gasteiger partial charge in [0.1, 0.15) is 6.10 Å². The predicted molar refractivity (Wildman–Crippen MR) is 145 cm³/mol. The van der Waals surface area contributed by atoms with E-state index < -0.39 is 18.2 Å². The lowest BCUT2D eigenvalue weighted by Gasteiger charge is -2.22. The number of likely N-dealkylation sites (tertiary alicyclic amines) is 1. The maximum Gasteiger partial charge on any atom is 0.373 e. The Morgan fingerprint density at radius 1 is 1.16 bits per heavy atom. The lowest BCUT2D eigenvalue weighted by molar-refractivity contribution is -0.686. The standard InChI is InChI=1S/C30H48N2O5/c1-3-4-11-19-28(27(33)18-12-9-7-5-6-8-10-13-20-29(34)35)37-30(36)24-32-22-14-16-25(23-32)26-17-15-21-31(26)2/h9,12,14,16,22-23,26-28,33H,3-8,10-11,13,15,17-21,24H2,1-2H3/p+1/b12-9+. The second kappa shape index (κ2) is 18.1. The first-order valence-electron chi connectivity index (χ1n) is 14.3. The fourth-order valence-electron chi connectivity index (χ4n) is 5.02. The van der Waals surface area contributed by atoms with E-state index in [2.05, 4.69) is 31.0 Å². The Bertz CT molecular complexity index is 828. The molecule has 7 nitrogen and oxygen atoms in total. The van der Waals surface area contributed by atoms with Gasteiger partial charge in [-0.05, 0) is 71.0 Å². The van der Waals surface area contributed by atoms with Crippen LogP contribution in [0.5, 0.6) is 0 Å². The minimum Gasteiger partial charge on any atom is -0.481 e. The van der Waals surface area contributed by atoms with E-state index in [1.807, 2.05) is 29.1 Å². The van der Waals surface area contributed by atoms with Crippen LogP contribution in [0.1, 0.15) is 108 Å². The van der Waals surface area contributed by atoms with E-state index in [-0.39, 0.29) is 18.9 Å². The number of aliphatic hydroxyl groups is 1. The van der Waals surface area contributed by atoms with Crippen LogP contribution in [0.4, 0.5) is 0 Å². The number of unbranched alkanes of at least 4 members (excludes halogenated alkanes) is 7. The highest BCUT2D eigenvalue weighted by molar-refractivity contribution is 5.68. The third-order valence-corrected chi connectivity index (χ3v) is 7.21. The Morgan fingerprint density at radius 2 is 1.95 bits per heavy atom. The quantitative estimate of drug-likeness (QED) is 0.111. The number of allylic oxidation sites excluding steroid dienone is 1. The Morgan fingerprint density at radius 3 is 2.68 bits per heavy atom. The second-order valence-corrected chi connectivity index (χ2v) is 10.4. The van der Waals surface area contributed by atoms with E-state index in [0.29, 0.717) is 18.9 Å². The van der Waals surface area contributed by atoms with Crippen LogP contribution in [-0.4, -0.2) is 52.9 Å². The van der Waals surface area contributed by atoms with Gasteiger partial charge < -0.3 is 14.9 Å². The van der Waals surface area contributed by atoms with E-state index in [0.717, 1.165) is 70.8 Å². The molecule has 0 bridgehead atoms. The summed E-state index contributed by atoms with van der Waals surface area (Å²) < 4.78 is 7.69. The second-order valence-electron chi connectivity index (χ2n) is 10.4. The molecular weight excluding hydrogens is 468 g/mol. The van der Waals surface area contributed by atoms with Crippen molar-refractivity contribution in [3.05, 3.63) is 42.2 Å². The van der Waals surface area contributed by atoms with Gasteiger partial charge in [-0.2, -0.15) is 4.57 Å². The number of esters is 1. The molecule has 1 fully saturated rings. The van der Waals surface area contributed by atoms with Crippen LogP contribution in [-0.2, 0) is 20.9 Å². The number of aromatic nitrogens is 1. The molecular formula is C30H49N2O5+. The summed E-state index contributed by atoms with van der Waals surface area (Å²) in [7, 11) is 2.14. The molecule has 7 heteroatoms. The lowest BCUT2D eigenvalue weighted by Crippen LogP contribution is -2.41. The van der Waals surface area contributed by atoms with E-state index in [1.54, 1.807) is 0 Å². The van der Waals surface area contributed by atoms with Gasteiger partial charge in [0, 0.05) is 24.1 Å². The summed E-state index contributed by atoms with van der Waals surface area (Å²) in [5.74, 6) is -1.03. The number of carbonyl (C=O) groups is 2. The molecule has 0 amide bonds. The van der Waals surface area contributed by atoms with Crippen molar-refractivity contribution in [1.29, 1.82) is 0 Å². The van der Waals surface area contributed by atoms with Gasteiger partial charge in [0.25, 0.3) is 0 Å². The summed E-state index contributed by atoms with van der Waals surface area (Å²) in [6.07, 6.45) is 19.4. The number of aliphatic hydroxyl groups excluding tert-OH is 1. The summed E-state index contributed by atoms with van der Waals surface area (Å²) in [6.45, 7) is 3.38. The molecule has 1 saturated heterocycles. The third kappa shape index (κ3) is 12.7. The maximum absolute atomic E-state index is 12.8. The number of ether oxygens (including phenoxy) is 1. The van der Waals surface area contributed by atoms with E-state index in [4.69, 9.17) is 9.84 Å². The number of nitrogens with zero attached hydrogens (tertiary/aromatic N) is 2. The fraction of sp³-hybridized carbons (Fsp3) is 0.700. The van der Waals surface area contributed by atoms with Gasteiger partial charge in [0.05, 0.1) is 6.10 Å². The van der Waals surface area contributed by atoms with Crippen molar-refractivity contribution in [2.75, 3.05) is 13.6 Å². The molecule has 0 aliphatic carbocycles. The zero-order chi connectivity index (χ0) is 26.9. The molecule has 37 heavy (non-hydrogen) atoms. The number of hydrogen-bond donors (Lipinski definition) is 2. The van der Waals surface area contributed by atoms with Gasteiger partial charge in [-0.25, -0.2) is 4.79 Å². The molecule has 0 radical (unpaired) electrons. The number of carbonyl (C=O) groups excluding carboxylic acids is 1. The van der Waals surface area contributed by atoms with Gasteiger partial charge in [0.15, 0.2) is 12.4 Å². The summed E-state index contributed by atoms with van der Waals surface area (Å²) in [4.78, 5) is 25.7. The first kappa shape index (κ1) is 31.0. The van der Waals surface area contributed by atoms with Crippen molar-refractivity contribution in [2.45, 2.75) is 122 Å². The van der Waals surface area contributed by atoms with Crippen molar-refractivity contribution >= 4 is 11.9 Å². The van der Waals surface area contributed by atoms with Gasteiger partial charge in [-0.1, -0.05) is 51.2 Å². The zero-order valence-corrected chi connectivity index (χ0v) is 23.0. The average molecular weight is 518 g/mol. The molecule has 1 aliphatic heterocycles. The SMILES string of the molecule is CCCCCC(OC(=O)C[n+]1cccc(C2CCCN2C)c1)C(O)C/C=C/CCCCCCCC(=O)O. The summed E-state index contributed by atoms with van der Waals surface area (Å²) in [6, 6.07) is 4.51. The summed E-state index contributed by atoms with van der Waals surface area (Å²) in [5, 5.41) is 19.5. The molecule has 1 aromatic heterocycles. The topological polar surface area (TPSA) is 91.0 Å². The van der Waals surface area contributed by atoms with Crippen molar-refractivity contribution in [2.24, 2.45) is 0 Å². The monoisotopic (exact) mass is 517 g/mol. The average Bonchev–Trinajstić information content (AvgIpc) is 3.30. The fourth-order valence-corrected chi connectivity index (χ4v) is 5.02. The van der Waals surface area contributed by atoms with Crippen molar-refractivity contribution < 1.29 is 29.1 Å². The van der Waals surface area contributed by atoms with Crippen molar-refractivity contribution in [3.8, 4) is 0 Å². The molecule has 1 aliphatic rings. The van der Waals surface area contributed by atoms with Crippen LogP contribution in [0.25, 0.3) is 0 Å². The van der Waals surface area contributed by atoms with Gasteiger partial charge in [-0.3, -0.25) is 9.69 Å². The number of carboxylic acid groups (broad SMARTS) is 1. The molecule has 1 aromatic rings. The van der Waals surface area contributed by atoms with Crippen molar-refractivity contribution in [3.63, 3.8) is 0 Å². The molecule has 2 heterocycles. The van der Waals surface area contributed by atoms with Crippen LogP contribution in [0.2, 0.25) is 0 Å².